The highest BCUT2D eigenvalue weighted by Crippen LogP contribution is 2.28. The minimum Gasteiger partial charge on any atom is -0.490 e. The summed E-state index contributed by atoms with van der Waals surface area (Å²) in [6.45, 7) is 4.18. The van der Waals surface area contributed by atoms with Gasteiger partial charge in [-0.05, 0) is 32.4 Å². The lowest BCUT2D eigenvalue weighted by molar-refractivity contribution is -0.137. The van der Waals surface area contributed by atoms with Crippen molar-refractivity contribution in [2.24, 2.45) is 0 Å². The van der Waals surface area contributed by atoms with Crippen LogP contribution in [0.4, 0.5) is 0 Å². The molecule has 6 nitrogen and oxygen atoms in total. The van der Waals surface area contributed by atoms with Crippen LogP contribution in [0.3, 0.4) is 0 Å². The number of carboxylic acids is 1. The van der Waals surface area contributed by atoms with Gasteiger partial charge in [-0.1, -0.05) is 12.1 Å². The molecule has 2 unspecified atom stereocenters. The average Bonchev–Trinajstić information content (AvgIpc) is 2.88. The Labute approximate surface area is 136 Å². The minimum absolute atomic E-state index is 0.0518. The smallest absolute Gasteiger partial charge is 0.305 e. The maximum Gasteiger partial charge on any atom is 0.305 e. The molecule has 2 atom stereocenters. The Kier molecular flexibility index (Phi) is 5.60. The fourth-order valence-electron chi connectivity index (χ4n) is 2.84. The molecular weight excluding hydrogens is 298 g/mol. The van der Waals surface area contributed by atoms with E-state index in [1.165, 1.54) is 0 Å². The van der Waals surface area contributed by atoms with E-state index in [2.05, 4.69) is 0 Å². The van der Waals surface area contributed by atoms with Crippen LogP contribution in [0.25, 0.3) is 0 Å². The van der Waals surface area contributed by atoms with Gasteiger partial charge in [0.25, 0.3) is 5.91 Å². The lowest BCUT2D eigenvalue weighted by atomic mass is 10.1. The molecule has 1 aromatic carbocycles. The Hall–Kier alpha value is -2.08. The highest BCUT2D eigenvalue weighted by atomic mass is 16.5. The summed E-state index contributed by atoms with van der Waals surface area (Å²) in [5.41, 5.74) is 0.452. The lowest BCUT2D eigenvalue weighted by Gasteiger charge is -2.24. The van der Waals surface area contributed by atoms with Crippen molar-refractivity contribution in [1.82, 2.24) is 4.90 Å². The van der Waals surface area contributed by atoms with Gasteiger partial charge in [0.05, 0.1) is 24.2 Å². The molecule has 1 saturated heterocycles. The number of amides is 1. The third-order valence-electron chi connectivity index (χ3n) is 3.86. The standard InChI is InChI=1S/C17H23NO5/c1-11(2)23-15-7-5-4-6-14(15)17(21)18-10-13(22-3)8-12(18)9-16(19)20/h4-7,11-13H,8-10H2,1-3H3,(H,19,20). The van der Waals surface area contributed by atoms with Gasteiger partial charge in [0.15, 0.2) is 0 Å². The van der Waals surface area contributed by atoms with E-state index in [4.69, 9.17) is 14.6 Å². The average molecular weight is 321 g/mol. The first-order valence-electron chi connectivity index (χ1n) is 7.73. The molecule has 23 heavy (non-hydrogen) atoms. The molecule has 1 aliphatic rings. The zero-order valence-electron chi connectivity index (χ0n) is 13.7. The van der Waals surface area contributed by atoms with Crippen molar-refractivity contribution in [1.29, 1.82) is 0 Å². The van der Waals surface area contributed by atoms with Crippen LogP contribution in [0.2, 0.25) is 0 Å². The van der Waals surface area contributed by atoms with Crippen LogP contribution in [0.15, 0.2) is 24.3 Å². The van der Waals surface area contributed by atoms with Crippen molar-refractivity contribution in [2.75, 3.05) is 13.7 Å². The summed E-state index contributed by atoms with van der Waals surface area (Å²) in [5.74, 6) is -0.620. The normalized spacial score (nSPS) is 20.8. The maximum absolute atomic E-state index is 12.9. The van der Waals surface area contributed by atoms with Crippen molar-refractivity contribution in [3.05, 3.63) is 29.8 Å². The zero-order chi connectivity index (χ0) is 17.0. The predicted molar refractivity (Wildman–Crippen MR) is 84.7 cm³/mol. The number of carbonyl (C=O) groups is 2. The molecule has 0 spiro atoms. The second-order valence-electron chi connectivity index (χ2n) is 5.97. The third-order valence-corrected chi connectivity index (χ3v) is 3.86. The first kappa shape index (κ1) is 17.3. The number of likely N-dealkylation sites (tertiary alicyclic amines) is 1. The molecule has 1 amide bonds. The van der Waals surface area contributed by atoms with E-state index in [0.717, 1.165) is 0 Å². The van der Waals surface area contributed by atoms with Crippen LogP contribution < -0.4 is 4.74 Å². The lowest BCUT2D eigenvalue weighted by Crippen LogP contribution is -2.37. The molecular formula is C17H23NO5. The van der Waals surface area contributed by atoms with Crippen LogP contribution in [-0.2, 0) is 9.53 Å². The highest BCUT2D eigenvalue weighted by molar-refractivity contribution is 5.97. The summed E-state index contributed by atoms with van der Waals surface area (Å²) < 4.78 is 11.0. The van der Waals surface area contributed by atoms with E-state index < -0.39 is 5.97 Å². The molecule has 126 valence electrons. The monoisotopic (exact) mass is 321 g/mol. The van der Waals surface area contributed by atoms with Gasteiger partial charge in [0.1, 0.15) is 5.75 Å². The Morgan fingerprint density at radius 1 is 1.35 bits per heavy atom. The Morgan fingerprint density at radius 3 is 2.65 bits per heavy atom. The van der Waals surface area contributed by atoms with Crippen molar-refractivity contribution >= 4 is 11.9 Å². The van der Waals surface area contributed by atoms with E-state index in [1.807, 2.05) is 19.9 Å². The summed E-state index contributed by atoms with van der Waals surface area (Å²) in [7, 11) is 1.58. The van der Waals surface area contributed by atoms with Crippen molar-refractivity contribution in [2.45, 2.75) is 44.9 Å². The molecule has 1 aliphatic heterocycles. The second-order valence-corrected chi connectivity index (χ2v) is 5.97. The fraction of sp³-hybridized carbons (Fsp3) is 0.529. The predicted octanol–water partition coefficient (Wildman–Crippen LogP) is 2.18. The SMILES string of the molecule is COC1CC(CC(=O)O)N(C(=O)c2ccccc2OC(C)C)C1. The van der Waals surface area contributed by atoms with Gasteiger partial charge in [0, 0.05) is 19.7 Å². The van der Waals surface area contributed by atoms with E-state index >= 15 is 0 Å². The topological polar surface area (TPSA) is 76.1 Å². The number of hydrogen-bond donors (Lipinski definition) is 1. The van der Waals surface area contributed by atoms with E-state index in [-0.39, 0.29) is 30.6 Å². The number of aliphatic carboxylic acids is 1. The molecule has 0 aliphatic carbocycles. The molecule has 0 radical (unpaired) electrons. The third kappa shape index (κ3) is 4.22. The number of hydrogen-bond acceptors (Lipinski definition) is 4. The molecule has 1 heterocycles. The largest absolute Gasteiger partial charge is 0.490 e. The molecule has 0 saturated carbocycles. The summed E-state index contributed by atoms with van der Waals surface area (Å²) in [4.78, 5) is 25.6. The molecule has 0 bridgehead atoms. The number of rotatable bonds is 6. The zero-order valence-corrected chi connectivity index (χ0v) is 13.7. The van der Waals surface area contributed by atoms with Gasteiger partial charge in [-0.3, -0.25) is 9.59 Å². The van der Waals surface area contributed by atoms with Gasteiger partial charge in [0.2, 0.25) is 0 Å². The van der Waals surface area contributed by atoms with Crippen LogP contribution in [0.5, 0.6) is 5.75 Å². The Balaban J connectivity index is 2.25. The minimum atomic E-state index is -0.920. The van der Waals surface area contributed by atoms with E-state index in [1.54, 1.807) is 30.2 Å². The van der Waals surface area contributed by atoms with Crippen molar-refractivity contribution < 1.29 is 24.2 Å². The summed E-state index contributed by atoms with van der Waals surface area (Å²) in [6.07, 6.45) is 0.256. The van der Waals surface area contributed by atoms with Gasteiger partial charge >= 0.3 is 5.97 Å². The van der Waals surface area contributed by atoms with Crippen LogP contribution in [-0.4, -0.2) is 53.8 Å². The van der Waals surface area contributed by atoms with Crippen molar-refractivity contribution in [3.63, 3.8) is 0 Å². The van der Waals surface area contributed by atoms with Crippen LogP contribution in [0, 0.1) is 0 Å². The van der Waals surface area contributed by atoms with Crippen molar-refractivity contribution in [3.8, 4) is 5.75 Å². The first-order valence-corrected chi connectivity index (χ1v) is 7.73. The number of carbonyl (C=O) groups excluding carboxylic acids is 1. The van der Waals surface area contributed by atoms with Gasteiger partial charge in [-0.25, -0.2) is 0 Å². The number of nitrogens with zero attached hydrogens (tertiary/aromatic N) is 1. The fourth-order valence-corrected chi connectivity index (χ4v) is 2.84. The molecule has 1 aromatic rings. The first-order chi connectivity index (χ1) is 10.9. The van der Waals surface area contributed by atoms with Crippen LogP contribution >= 0.6 is 0 Å². The maximum atomic E-state index is 12.9. The van der Waals surface area contributed by atoms with Gasteiger partial charge < -0.3 is 19.5 Å². The Bertz CT molecular complexity index is 572. The van der Waals surface area contributed by atoms with Crippen LogP contribution in [0.1, 0.15) is 37.0 Å². The van der Waals surface area contributed by atoms with E-state index in [9.17, 15) is 9.59 Å². The molecule has 2 rings (SSSR count). The second kappa shape index (κ2) is 7.46. The molecule has 6 heteroatoms. The van der Waals surface area contributed by atoms with Gasteiger partial charge in [-0.15, -0.1) is 0 Å². The summed E-state index contributed by atoms with van der Waals surface area (Å²) in [5, 5.41) is 9.07. The molecule has 0 aromatic heterocycles. The van der Waals surface area contributed by atoms with Gasteiger partial charge in [-0.2, -0.15) is 0 Å². The Morgan fingerprint density at radius 2 is 2.04 bits per heavy atom. The molecule has 1 N–H and O–H groups in total. The summed E-state index contributed by atoms with van der Waals surface area (Å²) >= 11 is 0. The molecule has 1 fully saturated rings. The number of para-hydroxylation sites is 1. The number of ether oxygens (including phenoxy) is 2. The number of methoxy groups -OCH3 is 1. The number of benzene rings is 1. The van der Waals surface area contributed by atoms with E-state index in [0.29, 0.717) is 24.3 Å². The summed E-state index contributed by atoms with van der Waals surface area (Å²) in [6, 6.07) is 6.68. The quantitative estimate of drug-likeness (QED) is 0.869. The number of carboxylic acid groups (broad SMARTS) is 1. The highest BCUT2D eigenvalue weighted by Gasteiger charge is 2.37.